The zero-order valence-corrected chi connectivity index (χ0v) is 21.5. The second-order valence-corrected chi connectivity index (χ2v) is 9.17. The highest BCUT2D eigenvalue weighted by Crippen LogP contribution is 2.33. The number of carbonyl (C=O) groups is 2. The van der Waals surface area contributed by atoms with Gasteiger partial charge in [0.15, 0.2) is 5.82 Å². The van der Waals surface area contributed by atoms with Crippen LogP contribution in [0.3, 0.4) is 0 Å². The predicted octanol–water partition coefficient (Wildman–Crippen LogP) is 4.13. The molecular weight excluding hydrogens is 494 g/mol. The number of amides is 2. The summed E-state index contributed by atoms with van der Waals surface area (Å²) < 4.78 is 7.26. The number of rotatable bonds is 9. The molecule has 0 spiro atoms. The third-order valence-corrected chi connectivity index (χ3v) is 6.28. The average Bonchev–Trinajstić information content (AvgIpc) is 3.59. The van der Waals surface area contributed by atoms with Crippen molar-refractivity contribution in [2.24, 2.45) is 0 Å². The molecule has 0 aliphatic carbocycles. The highest BCUT2D eigenvalue weighted by molar-refractivity contribution is 6.07. The fourth-order valence-electron chi connectivity index (χ4n) is 4.33. The molecule has 0 aliphatic rings. The number of para-hydroxylation sites is 1. The van der Waals surface area contributed by atoms with E-state index < -0.39 is 6.09 Å². The van der Waals surface area contributed by atoms with Gasteiger partial charge in [-0.1, -0.05) is 49.0 Å². The van der Waals surface area contributed by atoms with Crippen LogP contribution < -0.4 is 16.4 Å². The number of nitrogens with two attached hydrogens (primary N) is 1. The molecule has 5 N–H and O–H groups in total. The summed E-state index contributed by atoms with van der Waals surface area (Å²) in [6.45, 7) is 6.34. The molecule has 3 heterocycles. The first-order valence-corrected chi connectivity index (χ1v) is 12.5. The number of anilines is 1. The summed E-state index contributed by atoms with van der Waals surface area (Å²) in [5.41, 5.74) is 12.1. The minimum absolute atomic E-state index is 0.0703. The molecule has 2 amide bonds. The maximum absolute atomic E-state index is 12.0. The molecule has 0 atom stereocenters. The van der Waals surface area contributed by atoms with Crippen LogP contribution in [-0.2, 0) is 22.6 Å². The van der Waals surface area contributed by atoms with Crippen LogP contribution in [0.15, 0.2) is 79.1 Å². The Hall–Kier alpha value is -5.12. The second kappa shape index (κ2) is 11.1. The number of fused-ring (bicyclic) bond motifs is 3. The number of benzene rings is 2. The maximum Gasteiger partial charge on any atom is 0.407 e. The van der Waals surface area contributed by atoms with Gasteiger partial charge in [-0.3, -0.25) is 4.79 Å². The Morgan fingerprint density at radius 3 is 2.56 bits per heavy atom. The van der Waals surface area contributed by atoms with Gasteiger partial charge >= 0.3 is 6.09 Å². The fraction of sp³-hybridized carbons (Fsp3) is 0.172. The molecular formula is C29H29N7O3. The summed E-state index contributed by atoms with van der Waals surface area (Å²) >= 11 is 0. The quantitative estimate of drug-likeness (QED) is 0.169. The first kappa shape index (κ1) is 25.5. The van der Waals surface area contributed by atoms with Gasteiger partial charge < -0.3 is 30.7 Å². The van der Waals surface area contributed by atoms with E-state index in [1.807, 2.05) is 67.0 Å². The molecule has 39 heavy (non-hydrogen) atoms. The number of ether oxygens (including phenoxy) is 1. The minimum atomic E-state index is -0.553. The molecule has 0 saturated carbocycles. The van der Waals surface area contributed by atoms with E-state index in [0.717, 1.165) is 38.9 Å². The molecule has 3 aromatic heterocycles. The Kier molecular flexibility index (Phi) is 7.26. The van der Waals surface area contributed by atoms with Crippen LogP contribution in [0.4, 0.5) is 10.6 Å². The molecule has 0 unspecified atom stereocenters. The van der Waals surface area contributed by atoms with Gasteiger partial charge in [0.05, 0.1) is 17.6 Å². The molecule has 0 radical (unpaired) electrons. The number of aromatic amines is 1. The van der Waals surface area contributed by atoms with E-state index in [0.29, 0.717) is 30.0 Å². The number of nitrogens with one attached hydrogen (secondary N) is 3. The van der Waals surface area contributed by atoms with Crippen LogP contribution in [-0.4, -0.2) is 44.7 Å². The standard InChI is InChI=1S/C29H29N7O3/c1-18(2)28(37)32-13-14-39-29(38)33-15-19-7-9-20(10-8-19)17-36-25-22-5-3-4-6-23(22)34-26(30)24(25)35-27(36)21-11-12-31-16-21/h3-12,16,31H,1,13-15,17H2,2H3,(H2,30,34)(H,32,37)(H,33,38). The highest BCUT2D eigenvalue weighted by Gasteiger charge is 2.19. The Morgan fingerprint density at radius 2 is 1.82 bits per heavy atom. The average molecular weight is 524 g/mol. The zero-order valence-electron chi connectivity index (χ0n) is 21.5. The van der Waals surface area contributed by atoms with Crippen molar-refractivity contribution in [3.63, 3.8) is 0 Å². The van der Waals surface area contributed by atoms with Crippen LogP contribution >= 0.6 is 0 Å². The third-order valence-electron chi connectivity index (χ3n) is 6.28. The number of nitrogen functional groups attached to an aromatic ring is 1. The number of aromatic nitrogens is 4. The maximum atomic E-state index is 12.0. The Labute approximate surface area is 224 Å². The third kappa shape index (κ3) is 5.59. The van der Waals surface area contributed by atoms with Crippen molar-refractivity contribution in [2.45, 2.75) is 20.0 Å². The SMILES string of the molecule is C=C(C)C(=O)NCCOC(=O)NCc1ccc(Cn2c(-c3cc[nH]c3)nc3c(N)nc4ccccc4c32)cc1. The van der Waals surface area contributed by atoms with Crippen LogP contribution in [0.5, 0.6) is 0 Å². The van der Waals surface area contributed by atoms with Crippen LogP contribution in [0.2, 0.25) is 0 Å². The van der Waals surface area contributed by atoms with Crippen molar-refractivity contribution in [1.82, 2.24) is 30.2 Å². The number of imidazole rings is 1. The van der Waals surface area contributed by atoms with E-state index in [1.54, 1.807) is 6.92 Å². The van der Waals surface area contributed by atoms with Gasteiger partial charge in [-0.2, -0.15) is 0 Å². The largest absolute Gasteiger partial charge is 0.448 e. The highest BCUT2D eigenvalue weighted by atomic mass is 16.5. The molecule has 5 aromatic rings. The summed E-state index contributed by atoms with van der Waals surface area (Å²) in [4.78, 5) is 36.0. The van der Waals surface area contributed by atoms with Gasteiger partial charge in [-0.15, -0.1) is 0 Å². The predicted molar refractivity (Wildman–Crippen MR) is 151 cm³/mol. The number of alkyl carbamates (subject to hydrolysis) is 1. The van der Waals surface area contributed by atoms with Gasteiger partial charge in [0.2, 0.25) is 5.91 Å². The van der Waals surface area contributed by atoms with Crippen molar-refractivity contribution >= 4 is 39.8 Å². The number of H-pyrrole nitrogens is 1. The minimum Gasteiger partial charge on any atom is -0.448 e. The summed E-state index contributed by atoms with van der Waals surface area (Å²) in [7, 11) is 0. The summed E-state index contributed by atoms with van der Waals surface area (Å²) in [6, 6.07) is 17.9. The van der Waals surface area contributed by atoms with E-state index in [1.165, 1.54) is 0 Å². The summed E-state index contributed by atoms with van der Waals surface area (Å²) in [5, 5.41) is 6.31. The van der Waals surface area contributed by atoms with E-state index >= 15 is 0 Å². The van der Waals surface area contributed by atoms with Gasteiger partial charge in [0, 0.05) is 42.0 Å². The number of hydrogen-bond acceptors (Lipinski definition) is 6. The fourth-order valence-corrected chi connectivity index (χ4v) is 4.33. The molecule has 2 aromatic carbocycles. The van der Waals surface area contributed by atoms with Crippen molar-refractivity contribution in [1.29, 1.82) is 0 Å². The molecule has 0 fully saturated rings. The first-order valence-electron chi connectivity index (χ1n) is 12.5. The molecule has 10 nitrogen and oxygen atoms in total. The molecule has 10 heteroatoms. The topological polar surface area (TPSA) is 140 Å². The van der Waals surface area contributed by atoms with Crippen LogP contribution in [0.25, 0.3) is 33.3 Å². The zero-order chi connectivity index (χ0) is 27.4. The molecule has 198 valence electrons. The Balaban J connectivity index is 1.31. The van der Waals surface area contributed by atoms with Gasteiger partial charge in [0.25, 0.3) is 0 Å². The lowest BCUT2D eigenvalue weighted by Crippen LogP contribution is -2.31. The van der Waals surface area contributed by atoms with Crippen molar-refractivity contribution < 1.29 is 14.3 Å². The van der Waals surface area contributed by atoms with Crippen LogP contribution in [0, 0.1) is 0 Å². The number of hydrogen-bond donors (Lipinski definition) is 4. The molecule has 0 bridgehead atoms. The lowest BCUT2D eigenvalue weighted by Gasteiger charge is -2.12. The Morgan fingerprint density at radius 1 is 1.05 bits per heavy atom. The smallest absolute Gasteiger partial charge is 0.407 e. The van der Waals surface area contributed by atoms with E-state index in [-0.39, 0.29) is 19.1 Å². The lowest BCUT2D eigenvalue weighted by atomic mass is 10.1. The van der Waals surface area contributed by atoms with Crippen molar-refractivity contribution in [3.05, 3.63) is 90.3 Å². The van der Waals surface area contributed by atoms with Crippen LogP contribution in [0.1, 0.15) is 18.1 Å². The molecule has 5 rings (SSSR count). The Bertz CT molecular complexity index is 1650. The monoisotopic (exact) mass is 523 g/mol. The second-order valence-electron chi connectivity index (χ2n) is 9.17. The summed E-state index contributed by atoms with van der Waals surface area (Å²) in [5.74, 6) is 0.922. The van der Waals surface area contributed by atoms with E-state index in [9.17, 15) is 9.59 Å². The molecule has 0 saturated heterocycles. The van der Waals surface area contributed by atoms with Crippen molar-refractivity contribution in [2.75, 3.05) is 18.9 Å². The number of nitrogens with zero attached hydrogens (tertiary/aromatic N) is 3. The van der Waals surface area contributed by atoms with Gasteiger partial charge in [-0.05, 0) is 30.2 Å². The molecule has 0 aliphatic heterocycles. The van der Waals surface area contributed by atoms with E-state index in [4.69, 9.17) is 15.5 Å². The normalized spacial score (nSPS) is 11.0. The van der Waals surface area contributed by atoms with Gasteiger partial charge in [-0.25, -0.2) is 14.8 Å². The number of carbonyl (C=O) groups excluding carboxylic acids is 2. The first-order chi connectivity index (χ1) is 18.9. The van der Waals surface area contributed by atoms with Gasteiger partial charge in [0.1, 0.15) is 17.9 Å². The lowest BCUT2D eigenvalue weighted by molar-refractivity contribution is -0.117. The number of pyridine rings is 1. The summed E-state index contributed by atoms with van der Waals surface area (Å²) in [6.07, 6.45) is 3.22. The van der Waals surface area contributed by atoms with E-state index in [2.05, 4.69) is 31.7 Å². The van der Waals surface area contributed by atoms with Crippen molar-refractivity contribution in [3.8, 4) is 11.4 Å².